The smallest absolute Gasteiger partial charge is 0.244 e. The first-order valence-corrected chi connectivity index (χ1v) is 13.4. The molecule has 1 aromatic heterocycles. The monoisotopic (exact) mass is 485 g/mol. The van der Waals surface area contributed by atoms with E-state index in [0.717, 1.165) is 36.2 Å². The van der Waals surface area contributed by atoms with Gasteiger partial charge in [0.05, 0.1) is 10.6 Å². The van der Waals surface area contributed by atoms with E-state index in [1.54, 1.807) is 0 Å². The van der Waals surface area contributed by atoms with Crippen LogP contribution in [-0.2, 0) is 27.7 Å². The number of nitrogens with one attached hydrogen (secondary N) is 1. The van der Waals surface area contributed by atoms with Crippen molar-refractivity contribution < 1.29 is 17.6 Å². The number of benzene rings is 2. The molecule has 2 aliphatic rings. The molecule has 0 saturated carbocycles. The van der Waals surface area contributed by atoms with Gasteiger partial charge in [-0.05, 0) is 80.0 Å². The summed E-state index contributed by atoms with van der Waals surface area (Å²) in [6, 6.07) is 10.3. The van der Waals surface area contributed by atoms with Gasteiger partial charge in [-0.15, -0.1) is 11.3 Å². The molecule has 0 spiro atoms. The molecule has 3 aromatic rings. The van der Waals surface area contributed by atoms with Crippen LogP contribution >= 0.6 is 11.3 Å². The van der Waals surface area contributed by atoms with Gasteiger partial charge in [0.25, 0.3) is 0 Å². The van der Waals surface area contributed by atoms with Crippen molar-refractivity contribution in [2.24, 2.45) is 0 Å². The highest BCUT2D eigenvalue weighted by atomic mass is 32.2. The molecule has 6 nitrogen and oxygen atoms in total. The molecule has 2 aromatic carbocycles. The zero-order valence-electron chi connectivity index (χ0n) is 18.0. The van der Waals surface area contributed by atoms with Gasteiger partial charge < -0.3 is 5.32 Å². The molecular weight excluding hydrogens is 461 g/mol. The predicted molar refractivity (Wildman–Crippen MR) is 126 cm³/mol. The van der Waals surface area contributed by atoms with E-state index in [0.29, 0.717) is 18.0 Å². The van der Waals surface area contributed by atoms with Crippen molar-refractivity contribution >= 4 is 32.4 Å². The Morgan fingerprint density at radius 1 is 1.06 bits per heavy atom. The van der Waals surface area contributed by atoms with E-state index in [4.69, 9.17) is 0 Å². The molecular formula is C24H24FN3O3S2. The van der Waals surface area contributed by atoms with Crippen molar-refractivity contribution in [2.75, 3.05) is 11.9 Å². The number of hydrogen-bond acceptors (Lipinski definition) is 5. The van der Waals surface area contributed by atoms with Gasteiger partial charge >= 0.3 is 0 Å². The van der Waals surface area contributed by atoms with Gasteiger partial charge in [0.15, 0.2) is 5.13 Å². The van der Waals surface area contributed by atoms with E-state index in [-0.39, 0.29) is 11.4 Å². The van der Waals surface area contributed by atoms with Crippen LogP contribution in [0.15, 0.2) is 52.7 Å². The number of sulfonamides is 1. The van der Waals surface area contributed by atoms with Crippen molar-refractivity contribution in [3.8, 4) is 11.3 Å². The molecule has 0 bridgehead atoms. The number of halogens is 1. The molecule has 1 aliphatic carbocycles. The Kier molecular flexibility index (Phi) is 6.03. The number of carbonyl (C=O) groups excluding carboxylic acids is 1. The van der Waals surface area contributed by atoms with Gasteiger partial charge in [-0.2, -0.15) is 4.31 Å². The molecule has 172 valence electrons. The maximum atomic E-state index is 13.2. The highest BCUT2D eigenvalue weighted by molar-refractivity contribution is 7.89. The molecule has 5 rings (SSSR count). The number of hydrogen-bond donors (Lipinski definition) is 1. The van der Waals surface area contributed by atoms with Crippen LogP contribution in [0.25, 0.3) is 11.3 Å². The molecule has 1 unspecified atom stereocenters. The minimum atomic E-state index is -3.90. The zero-order valence-corrected chi connectivity index (χ0v) is 19.6. The van der Waals surface area contributed by atoms with Gasteiger partial charge in [-0.3, -0.25) is 4.79 Å². The normalized spacial score (nSPS) is 18.8. The highest BCUT2D eigenvalue weighted by Crippen LogP contribution is 2.31. The Bertz CT molecular complexity index is 1290. The summed E-state index contributed by atoms with van der Waals surface area (Å²) >= 11 is 1.32. The lowest BCUT2D eigenvalue weighted by Crippen LogP contribution is -2.43. The van der Waals surface area contributed by atoms with E-state index < -0.39 is 27.8 Å². The predicted octanol–water partition coefficient (Wildman–Crippen LogP) is 4.62. The lowest BCUT2D eigenvalue weighted by Gasteiger charge is -2.23. The van der Waals surface area contributed by atoms with Gasteiger partial charge in [0.1, 0.15) is 11.9 Å². The standard InChI is InChI=1S/C24H24FN3O3S2/c25-19-9-11-20(12-10-19)33(30,31)28-13-3-6-22(28)23(29)27-24-26-21(15-32-24)18-8-7-16-4-1-2-5-17(16)14-18/h7-12,14-15,22H,1-6,13H2,(H,26,27,29). The number of aromatic nitrogens is 1. The van der Waals surface area contributed by atoms with E-state index in [1.807, 2.05) is 5.38 Å². The fourth-order valence-corrected chi connectivity index (χ4v) is 6.96. The topological polar surface area (TPSA) is 79.4 Å². The maximum Gasteiger partial charge on any atom is 0.244 e. The number of amides is 1. The maximum absolute atomic E-state index is 13.2. The number of nitrogens with zero attached hydrogens (tertiary/aromatic N) is 2. The molecule has 2 heterocycles. The molecule has 1 amide bonds. The average Bonchev–Trinajstić information content (AvgIpc) is 3.49. The third-order valence-corrected chi connectivity index (χ3v) is 8.99. The Labute approximate surface area is 196 Å². The summed E-state index contributed by atoms with van der Waals surface area (Å²) in [6.45, 7) is 0.246. The molecule has 0 radical (unpaired) electrons. The third kappa shape index (κ3) is 4.45. The van der Waals surface area contributed by atoms with Crippen molar-refractivity contribution in [3.63, 3.8) is 0 Å². The summed E-state index contributed by atoms with van der Waals surface area (Å²) < 4.78 is 40.5. The van der Waals surface area contributed by atoms with Crippen molar-refractivity contribution in [1.29, 1.82) is 0 Å². The minimum Gasteiger partial charge on any atom is -0.301 e. The van der Waals surface area contributed by atoms with Crippen molar-refractivity contribution in [3.05, 3.63) is 64.8 Å². The number of aryl methyl sites for hydroxylation is 2. The van der Waals surface area contributed by atoms with Crippen LogP contribution in [0.1, 0.15) is 36.8 Å². The quantitative estimate of drug-likeness (QED) is 0.572. The van der Waals surface area contributed by atoms with Gasteiger partial charge in [0, 0.05) is 17.5 Å². The third-order valence-electron chi connectivity index (χ3n) is 6.31. The molecule has 1 N–H and O–H groups in total. The summed E-state index contributed by atoms with van der Waals surface area (Å²) in [5.41, 5.74) is 4.59. The van der Waals surface area contributed by atoms with Crippen molar-refractivity contribution in [2.45, 2.75) is 49.5 Å². The van der Waals surface area contributed by atoms with Crippen LogP contribution in [0.4, 0.5) is 9.52 Å². The molecule has 1 aliphatic heterocycles. The van der Waals surface area contributed by atoms with Gasteiger partial charge in [-0.1, -0.05) is 12.1 Å². The van der Waals surface area contributed by atoms with Gasteiger partial charge in [0.2, 0.25) is 15.9 Å². The van der Waals surface area contributed by atoms with Crippen LogP contribution in [0, 0.1) is 5.82 Å². The van der Waals surface area contributed by atoms with Crippen LogP contribution < -0.4 is 5.32 Å². The molecule has 33 heavy (non-hydrogen) atoms. The summed E-state index contributed by atoms with van der Waals surface area (Å²) in [5, 5.41) is 5.15. The fourth-order valence-electron chi connectivity index (χ4n) is 4.58. The molecule has 1 atom stereocenters. The summed E-state index contributed by atoms with van der Waals surface area (Å²) in [5.74, 6) is -0.910. The largest absolute Gasteiger partial charge is 0.301 e. The number of thiazole rings is 1. The Balaban J connectivity index is 1.31. The summed E-state index contributed by atoms with van der Waals surface area (Å²) in [7, 11) is -3.90. The number of carbonyl (C=O) groups is 1. The lowest BCUT2D eigenvalue weighted by atomic mass is 9.90. The van der Waals surface area contributed by atoms with E-state index in [9.17, 15) is 17.6 Å². The Hall–Kier alpha value is -2.62. The number of anilines is 1. The average molecular weight is 486 g/mol. The number of rotatable bonds is 5. The zero-order chi connectivity index (χ0) is 23.0. The summed E-state index contributed by atoms with van der Waals surface area (Å²) in [6.07, 6.45) is 5.64. The fraction of sp³-hybridized carbons (Fsp3) is 0.333. The second-order valence-electron chi connectivity index (χ2n) is 8.45. The second-order valence-corrected chi connectivity index (χ2v) is 11.2. The molecule has 9 heteroatoms. The highest BCUT2D eigenvalue weighted by Gasteiger charge is 2.39. The lowest BCUT2D eigenvalue weighted by molar-refractivity contribution is -0.119. The second kappa shape index (κ2) is 8.96. The van der Waals surface area contributed by atoms with Crippen LogP contribution in [0.2, 0.25) is 0 Å². The van der Waals surface area contributed by atoms with Crippen LogP contribution in [0.3, 0.4) is 0 Å². The van der Waals surface area contributed by atoms with Crippen LogP contribution in [-0.4, -0.2) is 36.2 Å². The minimum absolute atomic E-state index is 0.0208. The van der Waals surface area contributed by atoms with E-state index in [2.05, 4.69) is 28.5 Å². The van der Waals surface area contributed by atoms with Crippen molar-refractivity contribution in [1.82, 2.24) is 9.29 Å². The SMILES string of the molecule is O=C(Nc1nc(-c2ccc3c(c2)CCCC3)cs1)C1CCCN1S(=O)(=O)c1ccc(F)cc1. The Morgan fingerprint density at radius 3 is 2.61 bits per heavy atom. The van der Waals surface area contributed by atoms with Crippen LogP contribution in [0.5, 0.6) is 0 Å². The molecule has 1 fully saturated rings. The Morgan fingerprint density at radius 2 is 1.82 bits per heavy atom. The first kappa shape index (κ1) is 22.2. The number of fused-ring (bicyclic) bond motifs is 1. The van der Waals surface area contributed by atoms with Gasteiger partial charge in [-0.25, -0.2) is 17.8 Å². The molecule has 1 saturated heterocycles. The van der Waals surface area contributed by atoms with E-state index >= 15 is 0 Å². The van der Waals surface area contributed by atoms with E-state index in [1.165, 1.54) is 51.7 Å². The first-order valence-electron chi connectivity index (χ1n) is 11.1. The summed E-state index contributed by atoms with van der Waals surface area (Å²) in [4.78, 5) is 17.5. The first-order chi connectivity index (χ1) is 15.9.